The number of cyclic esters (lactones) is 2. The number of hydrogen-bond donors (Lipinski definition) is 5. The number of carbonyl (C=O) groups excluding carboxylic acids is 8. The van der Waals surface area contributed by atoms with Crippen molar-refractivity contribution in [3.63, 3.8) is 0 Å². The van der Waals surface area contributed by atoms with E-state index in [-0.39, 0.29) is 99.8 Å². The zero-order chi connectivity index (χ0) is 83.2. The van der Waals surface area contributed by atoms with E-state index in [1.807, 2.05) is 29.6 Å². The highest BCUT2D eigenvalue weighted by Crippen LogP contribution is 2.35. The Balaban J connectivity index is 0.000000377. The molecule has 28 heteroatoms. The van der Waals surface area contributed by atoms with Crippen molar-refractivity contribution < 1.29 is 76.3 Å². The predicted molar refractivity (Wildman–Crippen MR) is 463 cm³/mol. The normalized spacial score (nSPS) is 13.0. The topological polar surface area (TPSA) is 344 Å². The third-order valence-corrected chi connectivity index (χ3v) is 19.4. The van der Waals surface area contributed by atoms with Crippen molar-refractivity contribution >= 4 is 80.9 Å². The van der Waals surface area contributed by atoms with Gasteiger partial charge in [0.1, 0.15) is 28.8 Å². The molecule has 2 aliphatic heterocycles. The first-order valence-corrected chi connectivity index (χ1v) is 40.4. The highest BCUT2D eigenvalue weighted by molar-refractivity contribution is 6.09. The predicted octanol–water partition coefficient (Wildman–Crippen LogP) is 18.2. The fourth-order valence-corrected chi connectivity index (χ4v) is 12.9. The van der Waals surface area contributed by atoms with E-state index >= 15 is 0 Å². The van der Waals surface area contributed by atoms with Gasteiger partial charge in [-0.25, -0.2) is 43.4 Å². The molecule has 6 amide bonds. The number of methoxy groups -OCH3 is 2. The van der Waals surface area contributed by atoms with E-state index in [4.69, 9.17) is 33.2 Å². The summed E-state index contributed by atoms with van der Waals surface area (Å²) in [6.07, 6.45) is 27.0. The lowest BCUT2D eigenvalue weighted by atomic mass is 10.1. The summed E-state index contributed by atoms with van der Waals surface area (Å²) in [4.78, 5) is 139. The van der Waals surface area contributed by atoms with Gasteiger partial charge in [-0.1, -0.05) is 238 Å². The Bertz CT molecular complexity index is 4690. The molecule has 119 heavy (non-hydrogen) atoms. The van der Waals surface area contributed by atoms with Gasteiger partial charge in [-0.15, -0.1) is 0 Å². The lowest BCUT2D eigenvalue weighted by molar-refractivity contribution is -0.139. The quantitative estimate of drug-likeness (QED) is 0.0102. The number of rotatable bonds is 45. The summed E-state index contributed by atoms with van der Waals surface area (Å²) in [5.74, 6) is -2.13. The number of nitrogens with one attached hydrogen (secondary N) is 5. The van der Waals surface area contributed by atoms with Crippen molar-refractivity contribution in [2.75, 3.05) is 62.4 Å². The fraction of sp³-hybridized carbons (Fsp3) is 0.473. The maximum atomic E-state index is 14.6. The average molecular weight is 1650 g/mol. The number of anilines is 2. The van der Waals surface area contributed by atoms with Crippen LogP contribution in [0.5, 0.6) is 23.0 Å². The summed E-state index contributed by atoms with van der Waals surface area (Å²) < 4.78 is 45.7. The molecule has 0 aliphatic carbocycles. The molecule has 2 saturated heterocycles. The van der Waals surface area contributed by atoms with Crippen LogP contribution in [0.3, 0.4) is 0 Å². The monoisotopic (exact) mass is 1640 g/mol. The van der Waals surface area contributed by atoms with Gasteiger partial charge in [0.25, 0.3) is 28.8 Å². The van der Waals surface area contributed by atoms with Crippen molar-refractivity contribution in [2.24, 2.45) is 0 Å². The van der Waals surface area contributed by atoms with Crippen molar-refractivity contribution in [3.8, 4) is 23.0 Å². The van der Waals surface area contributed by atoms with E-state index in [0.717, 1.165) is 49.6 Å². The van der Waals surface area contributed by atoms with Crippen LogP contribution in [0.1, 0.15) is 256 Å². The zero-order valence-electron chi connectivity index (χ0n) is 68.0. The van der Waals surface area contributed by atoms with Gasteiger partial charge < -0.3 is 48.5 Å². The molecule has 0 radical (unpaired) electrons. The van der Waals surface area contributed by atoms with Crippen LogP contribution >= 0.6 is 0 Å². The summed E-state index contributed by atoms with van der Waals surface area (Å²) in [6, 6.07) is 38.7. The Kier molecular flexibility index (Phi) is 41.6. The number of alkyl carbamates (subject to hydrolysis) is 1. The fourth-order valence-electron chi connectivity index (χ4n) is 12.9. The minimum absolute atomic E-state index is 0. The van der Waals surface area contributed by atoms with Gasteiger partial charge >= 0.3 is 24.1 Å². The molecule has 646 valence electrons. The number of benzene rings is 6. The molecule has 2 aromatic heterocycles. The minimum Gasteiger partial charge on any atom is -0.495 e. The Morgan fingerprint density at radius 1 is 0.471 bits per heavy atom. The third-order valence-electron chi connectivity index (χ3n) is 19.4. The molecular formula is C91H124N10O18. The Labute approximate surface area is 699 Å². The molecule has 5 N–H and O–H groups in total. The van der Waals surface area contributed by atoms with E-state index in [2.05, 4.69) is 50.0 Å². The van der Waals surface area contributed by atoms with Crippen LogP contribution < -0.4 is 56.9 Å². The van der Waals surface area contributed by atoms with Gasteiger partial charge in [0, 0.05) is 0 Å². The number of fused-ring (bicyclic) bond motifs is 2. The Morgan fingerprint density at radius 2 is 0.874 bits per heavy atom. The van der Waals surface area contributed by atoms with E-state index in [1.54, 1.807) is 97.1 Å². The van der Waals surface area contributed by atoms with Crippen LogP contribution in [-0.4, -0.2) is 124 Å². The summed E-state index contributed by atoms with van der Waals surface area (Å²) >= 11 is 0. The van der Waals surface area contributed by atoms with Crippen LogP contribution in [-0.2, 0) is 44.5 Å². The van der Waals surface area contributed by atoms with E-state index in [1.165, 1.54) is 180 Å². The lowest BCUT2D eigenvalue weighted by Gasteiger charge is -2.27. The number of amides is 6. The van der Waals surface area contributed by atoms with Gasteiger partial charge in [-0.3, -0.25) is 44.9 Å². The number of unbranched alkanes of at least 4 members (excludes halogenated alkanes) is 22. The first kappa shape index (κ1) is 97.7. The number of carbonyl (C=O) groups is 8. The Hall–Kier alpha value is -11.8. The van der Waals surface area contributed by atoms with Crippen LogP contribution in [0.4, 0.5) is 21.0 Å². The maximum Gasteiger partial charge on any atom is 0.418 e. The second kappa shape index (κ2) is 50.7. The lowest BCUT2D eigenvalue weighted by Crippen LogP contribution is -2.47. The maximum absolute atomic E-state index is 14.6. The molecule has 1 unspecified atom stereocenters. The number of imide groups is 2. The number of para-hydroxylation sites is 4. The molecule has 2 aliphatic rings. The van der Waals surface area contributed by atoms with Crippen LogP contribution in [0, 0.1) is 0 Å². The molecular weight excluding hydrogens is 1520 g/mol. The SMILES string of the molecule is C.C.C.CC1(C)OC(=O)NC1=O.CCCCCCCCCCCCCCOC(=O)c1ccc(OC)c(NC(=O)C(c2nc3ccccc3c(=O)n2NCOc2ccccc2)N2C(=O)OC(C)(C)C2=O)c1.CCCCCCCCCCCCCCOC(=O)c1ccc(OC)c(NC(=O)Cc2nc3ccccc3c(=O)n2NCOc2ccccc2)c1. The number of aromatic nitrogens is 4. The molecule has 10 rings (SSSR count). The van der Waals surface area contributed by atoms with E-state index in [0.29, 0.717) is 50.9 Å². The minimum atomic E-state index is -1.85. The second-order valence-corrected chi connectivity index (χ2v) is 29.2. The molecule has 0 spiro atoms. The molecule has 0 saturated carbocycles. The molecule has 8 aromatic rings. The van der Waals surface area contributed by atoms with Gasteiger partial charge in [0.15, 0.2) is 36.5 Å². The van der Waals surface area contributed by atoms with Crippen molar-refractivity contribution in [2.45, 2.75) is 242 Å². The first-order valence-electron chi connectivity index (χ1n) is 40.4. The average Bonchev–Trinajstić information content (AvgIpc) is 1.53. The standard InChI is InChI=1S/C44H55N5O9.C39H50N4O6.C5H7NO3.3CH4/c1-5-6-7-8-9-10-11-12-13-14-15-21-28-56-41(52)31-26-27-36(55-4)35(29-31)47-39(50)37(48-42(53)44(2,3)58-43(48)54)38-46-34-25-20-19-24-33(34)40(51)49(38)45-30-57-32-22-17-16-18-23-32;1-3-4-5-6-7-8-9-10-11-12-13-19-26-48-39(46)30-24-25-35(47-2)34(27-30)42-37(44)28-36-41-33-23-18-17-22-32(33)38(45)43(36)40-29-49-31-20-15-14-16-21-31;1-5(2)3(7)6-4(8)9-5;;;/h16-20,22-27,29,37,45H,5-15,21,28,30H2,1-4H3,(H,47,50);14-18,20-25,27,40H,3-13,19,26,28-29H2,1-2H3,(H,42,44);1-2H3,(H,6,7,8);3*1H4. The summed E-state index contributed by atoms with van der Waals surface area (Å²) in [5.41, 5.74) is 3.69. The molecule has 6 aromatic carbocycles. The van der Waals surface area contributed by atoms with Gasteiger partial charge in [0.05, 0.1) is 78.2 Å². The van der Waals surface area contributed by atoms with Crippen LogP contribution in [0.2, 0.25) is 0 Å². The first-order chi connectivity index (χ1) is 56.1. The van der Waals surface area contributed by atoms with Crippen molar-refractivity contribution in [1.29, 1.82) is 0 Å². The molecule has 1 atom stereocenters. The Morgan fingerprint density at radius 3 is 1.28 bits per heavy atom. The largest absolute Gasteiger partial charge is 0.495 e. The van der Waals surface area contributed by atoms with E-state index < -0.39 is 64.6 Å². The summed E-state index contributed by atoms with van der Waals surface area (Å²) in [6.45, 7) is 10.6. The summed E-state index contributed by atoms with van der Waals surface area (Å²) in [5, 5.41) is 8.12. The van der Waals surface area contributed by atoms with Gasteiger partial charge in [-0.2, -0.15) is 0 Å². The molecule has 28 nitrogen and oxygen atoms in total. The molecule has 0 bridgehead atoms. The smallest absolute Gasteiger partial charge is 0.418 e. The number of nitrogens with zero attached hydrogens (tertiary/aromatic N) is 5. The third kappa shape index (κ3) is 29.9. The van der Waals surface area contributed by atoms with Gasteiger partial charge in [-0.05, 0) is 125 Å². The molecule has 4 heterocycles. The van der Waals surface area contributed by atoms with E-state index in [9.17, 15) is 47.9 Å². The molecule has 2 fully saturated rings. The zero-order valence-corrected chi connectivity index (χ0v) is 68.0. The second-order valence-electron chi connectivity index (χ2n) is 29.2. The van der Waals surface area contributed by atoms with Gasteiger partial charge in [0.2, 0.25) is 5.91 Å². The highest BCUT2D eigenvalue weighted by Gasteiger charge is 2.54. The number of ether oxygens (including phenoxy) is 8. The van der Waals surface area contributed by atoms with Crippen LogP contribution in [0.25, 0.3) is 21.8 Å². The van der Waals surface area contributed by atoms with Crippen molar-refractivity contribution in [3.05, 3.63) is 189 Å². The summed E-state index contributed by atoms with van der Waals surface area (Å²) in [7, 11) is 2.87. The number of esters is 2. The van der Waals surface area contributed by atoms with Crippen LogP contribution in [0.15, 0.2) is 155 Å². The van der Waals surface area contributed by atoms with Crippen molar-refractivity contribution in [1.82, 2.24) is 29.5 Å². The highest BCUT2D eigenvalue weighted by atomic mass is 16.6. The number of hydrogen-bond acceptors (Lipinski definition) is 22.